The van der Waals surface area contributed by atoms with Crippen LogP contribution in [-0.4, -0.2) is 38.9 Å². The molecule has 0 rings (SSSR count). The van der Waals surface area contributed by atoms with E-state index < -0.39 is 5.97 Å². The van der Waals surface area contributed by atoms with Gasteiger partial charge in [0, 0.05) is 5.25 Å². The summed E-state index contributed by atoms with van der Waals surface area (Å²) in [6.07, 6.45) is 20.6. The number of carbonyl (C=O) groups is 1. The molecule has 0 aliphatic heterocycles. The minimum atomic E-state index is -0.704. The van der Waals surface area contributed by atoms with Crippen molar-refractivity contribution in [3.05, 3.63) is 12.2 Å². The van der Waals surface area contributed by atoms with Crippen molar-refractivity contribution >= 4 is 41.1 Å². The predicted molar refractivity (Wildman–Crippen MR) is 116 cm³/mol. The van der Waals surface area contributed by atoms with Crippen LogP contribution in [0.4, 0.5) is 0 Å². The Kier molecular flexibility index (Phi) is 24.7. The number of carboxylic acid groups (broad SMARTS) is 1. The maximum atomic E-state index is 11.0. The normalized spacial score (nSPS) is 13.3. The van der Waals surface area contributed by atoms with Gasteiger partial charge >= 0.3 is 33.4 Å². The van der Waals surface area contributed by atoms with Crippen LogP contribution in [0, 0.1) is 5.92 Å². The Bertz CT molecular complexity index is 306. The third kappa shape index (κ3) is 20.5. The summed E-state index contributed by atoms with van der Waals surface area (Å²) >= 11 is 5.82. The molecule has 0 spiro atoms. The SMILES string of the molecule is CCCCCCCCC=CCCCCCCC(C(=O)O)C(C)S.[CH3][Sn]. The van der Waals surface area contributed by atoms with E-state index in [0.717, 1.165) is 19.3 Å². The standard InChI is InChI=1S/C20H38O2S.CH3.Sn/c1-3-4-5-6-7-8-9-10-11-12-13-14-15-16-17-19(18(2)23)20(21)22;;/h10-11,18-19,23H,3-9,12-17H2,1-2H3,(H,21,22);1H3;. The quantitative estimate of drug-likeness (QED) is 0.111. The van der Waals surface area contributed by atoms with E-state index >= 15 is 0 Å². The van der Waals surface area contributed by atoms with E-state index in [9.17, 15) is 4.79 Å². The number of aliphatic carboxylic acids is 1. The van der Waals surface area contributed by atoms with Crippen LogP contribution in [0.3, 0.4) is 0 Å². The molecule has 1 N–H and O–H groups in total. The van der Waals surface area contributed by atoms with Crippen molar-refractivity contribution in [2.45, 2.75) is 108 Å². The minimum absolute atomic E-state index is 0.0580. The molecule has 0 heterocycles. The molecule has 0 saturated carbocycles. The Labute approximate surface area is 176 Å². The molecule has 2 unspecified atom stereocenters. The number of allylic oxidation sites excluding steroid dienone is 2. The molecule has 2 atom stereocenters. The molecule has 3 radical (unpaired) electrons. The second-order valence-electron chi connectivity index (χ2n) is 6.70. The zero-order valence-electron chi connectivity index (χ0n) is 16.8. The molecule has 0 bridgehead atoms. The van der Waals surface area contributed by atoms with Gasteiger partial charge in [0.1, 0.15) is 0 Å². The third-order valence-corrected chi connectivity index (χ3v) is 4.79. The first kappa shape index (κ1) is 27.6. The Morgan fingerprint density at radius 1 is 0.920 bits per heavy atom. The average Bonchev–Trinajstić information content (AvgIpc) is 2.59. The fourth-order valence-electron chi connectivity index (χ4n) is 2.83. The zero-order valence-corrected chi connectivity index (χ0v) is 20.6. The Morgan fingerprint density at radius 3 is 1.80 bits per heavy atom. The molecule has 0 aromatic rings. The Morgan fingerprint density at radius 2 is 1.36 bits per heavy atom. The van der Waals surface area contributed by atoms with Gasteiger partial charge in [0.15, 0.2) is 0 Å². The van der Waals surface area contributed by atoms with E-state index in [-0.39, 0.29) is 11.2 Å². The summed E-state index contributed by atoms with van der Waals surface area (Å²) in [5, 5.41) is 9.03. The number of hydrogen-bond acceptors (Lipinski definition) is 2. The van der Waals surface area contributed by atoms with Gasteiger partial charge in [-0.1, -0.05) is 77.4 Å². The molecule has 147 valence electrons. The summed E-state index contributed by atoms with van der Waals surface area (Å²) < 4.78 is 0. The molecule has 0 fully saturated rings. The number of hydrogen-bond donors (Lipinski definition) is 2. The van der Waals surface area contributed by atoms with Gasteiger partial charge in [-0.3, -0.25) is 4.79 Å². The van der Waals surface area contributed by atoms with Gasteiger partial charge in [0.2, 0.25) is 0 Å². The van der Waals surface area contributed by atoms with Crippen molar-refractivity contribution in [3.8, 4) is 0 Å². The van der Waals surface area contributed by atoms with E-state index in [0.29, 0.717) is 0 Å². The van der Waals surface area contributed by atoms with Crippen LogP contribution in [0.1, 0.15) is 97.3 Å². The summed E-state index contributed by atoms with van der Waals surface area (Å²) in [7, 11) is 0. The third-order valence-electron chi connectivity index (χ3n) is 4.43. The number of rotatable bonds is 16. The summed E-state index contributed by atoms with van der Waals surface area (Å²) in [5.74, 6) is -0.999. The molecule has 4 heteroatoms. The summed E-state index contributed by atoms with van der Waals surface area (Å²) in [6.45, 7) is 4.13. The van der Waals surface area contributed by atoms with Crippen molar-refractivity contribution in [2.75, 3.05) is 0 Å². The Balaban J connectivity index is 0. The first-order valence-corrected chi connectivity index (χ1v) is 13.5. The van der Waals surface area contributed by atoms with Crippen molar-refractivity contribution in [1.29, 1.82) is 0 Å². The van der Waals surface area contributed by atoms with Crippen LogP contribution in [0.2, 0.25) is 4.94 Å². The molecule has 0 aromatic heterocycles. The van der Waals surface area contributed by atoms with Gasteiger partial charge in [-0.2, -0.15) is 12.6 Å². The van der Waals surface area contributed by atoms with E-state index in [2.05, 4.69) is 36.6 Å². The van der Waals surface area contributed by atoms with E-state index in [1.54, 1.807) is 22.5 Å². The van der Waals surface area contributed by atoms with Crippen LogP contribution in [0.5, 0.6) is 0 Å². The molecule has 0 saturated heterocycles. The van der Waals surface area contributed by atoms with Crippen molar-refractivity contribution < 1.29 is 9.90 Å². The van der Waals surface area contributed by atoms with Crippen LogP contribution >= 0.6 is 12.6 Å². The maximum absolute atomic E-state index is 11.0. The van der Waals surface area contributed by atoms with Crippen molar-refractivity contribution in [1.82, 2.24) is 0 Å². The number of carboxylic acids is 1. The van der Waals surface area contributed by atoms with Gasteiger partial charge in [-0.25, -0.2) is 0 Å². The Hall–Kier alpha value is 0.359. The zero-order chi connectivity index (χ0) is 19.3. The van der Waals surface area contributed by atoms with Crippen LogP contribution < -0.4 is 0 Å². The van der Waals surface area contributed by atoms with Crippen LogP contribution in [-0.2, 0) is 4.79 Å². The van der Waals surface area contributed by atoms with Crippen LogP contribution in [0.25, 0.3) is 0 Å². The van der Waals surface area contributed by atoms with Gasteiger partial charge < -0.3 is 5.11 Å². The molecule has 0 amide bonds. The second kappa shape index (κ2) is 22.4. The summed E-state index contributed by atoms with van der Waals surface area (Å²) in [4.78, 5) is 13.1. The fourth-order valence-corrected chi connectivity index (χ4v) is 3.11. The topological polar surface area (TPSA) is 37.3 Å². The van der Waals surface area contributed by atoms with Crippen molar-refractivity contribution in [2.24, 2.45) is 5.92 Å². The van der Waals surface area contributed by atoms with Crippen molar-refractivity contribution in [3.63, 3.8) is 0 Å². The fraction of sp³-hybridized carbons (Fsp3) is 0.857. The molecule has 0 aliphatic carbocycles. The predicted octanol–water partition coefficient (Wildman–Crippen LogP) is 6.86. The van der Waals surface area contributed by atoms with Gasteiger partial charge in [-0.05, 0) is 32.1 Å². The first-order chi connectivity index (χ1) is 12.1. The number of thiol groups is 1. The van der Waals surface area contributed by atoms with Gasteiger partial charge in [0.25, 0.3) is 0 Å². The molecule has 25 heavy (non-hydrogen) atoms. The monoisotopic (exact) mass is 477 g/mol. The molecule has 0 aromatic carbocycles. The molecular weight excluding hydrogens is 435 g/mol. The van der Waals surface area contributed by atoms with E-state index in [1.807, 2.05) is 6.92 Å². The second-order valence-corrected chi connectivity index (χ2v) is 7.52. The number of unbranched alkanes of at least 4 members (excludes halogenated alkanes) is 10. The van der Waals surface area contributed by atoms with E-state index in [4.69, 9.17) is 5.11 Å². The first-order valence-electron chi connectivity index (χ1n) is 10.2. The van der Waals surface area contributed by atoms with E-state index in [1.165, 1.54) is 64.2 Å². The molecule has 2 nitrogen and oxygen atoms in total. The van der Waals surface area contributed by atoms with Gasteiger partial charge in [0.05, 0.1) is 5.92 Å². The average molecular weight is 476 g/mol. The molecular formula is C21H41O2SSn. The summed E-state index contributed by atoms with van der Waals surface area (Å²) in [6, 6.07) is 0. The van der Waals surface area contributed by atoms with Gasteiger partial charge in [-0.15, -0.1) is 0 Å². The molecule has 0 aliphatic rings. The van der Waals surface area contributed by atoms with Crippen LogP contribution in [0.15, 0.2) is 12.2 Å². The summed E-state index contributed by atoms with van der Waals surface area (Å²) in [5.41, 5.74) is 0.